The number of unbranched alkanes of at least 4 members (excludes halogenated alkanes) is 14. The molecule has 9 nitrogen and oxygen atoms in total. The topological polar surface area (TPSA) is 131 Å². The van der Waals surface area contributed by atoms with Gasteiger partial charge in [0.1, 0.15) is 12.7 Å². The first kappa shape index (κ1) is 47.0. The molecule has 0 saturated carbocycles. The minimum atomic E-state index is -4.42. The quantitative estimate of drug-likeness (QED) is 0.0256. The van der Waals surface area contributed by atoms with Crippen molar-refractivity contribution in [3.8, 4) is 0 Å². The van der Waals surface area contributed by atoms with Gasteiger partial charge in [-0.1, -0.05) is 120 Å². The zero-order valence-electron chi connectivity index (χ0n) is 30.9. The third-order valence-electron chi connectivity index (χ3n) is 7.74. The molecule has 2 unspecified atom stereocenters. The predicted octanol–water partition coefficient (Wildman–Crippen LogP) is 9.99. The number of nitrogens with one attached hydrogen (secondary N) is 1. The summed E-state index contributed by atoms with van der Waals surface area (Å²) in [6, 6.07) is 0. The Morgan fingerprint density at radius 3 is 1.80 bits per heavy atom. The molecule has 0 radical (unpaired) electrons. The molecule has 0 saturated heterocycles. The van der Waals surface area contributed by atoms with E-state index < -0.39 is 26.5 Å². The number of ether oxygens (including phenoxy) is 1. The van der Waals surface area contributed by atoms with Gasteiger partial charge in [0, 0.05) is 19.4 Å². The van der Waals surface area contributed by atoms with Crippen LogP contribution in [-0.2, 0) is 27.9 Å². The van der Waals surface area contributed by atoms with Gasteiger partial charge in [-0.3, -0.25) is 18.6 Å². The summed E-state index contributed by atoms with van der Waals surface area (Å²) in [4.78, 5) is 33.7. The molecule has 3 N–H and O–H groups in total. The predicted molar refractivity (Wildman–Crippen MR) is 201 cm³/mol. The second-order valence-corrected chi connectivity index (χ2v) is 14.0. The summed E-state index contributed by atoms with van der Waals surface area (Å²) in [5.74, 6) is -0.559. The lowest BCUT2D eigenvalue weighted by molar-refractivity contribution is -0.147. The number of amides is 1. The number of aliphatic hydroxyl groups excluding tert-OH is 1. The Kier molecular flexibility index (Phi) is 34.3. The van der Waals surface area contributed by atoms with Gasteiger partial charge in [0.05, 0.1) is 13.2 Å². The maximum atomic E-state index is 12.0. The van der Waals surface area contributed by atoms with E-state index >= 15 is 0 Å². The number of phosphoric ester groups is 1. The van der Waals surface area contributed by atoms with Crippen molar-refractivity contribution < 1.29 is 37.9 Å². The number of carbonyl (C=O) groups is 2. The Morgan fingerprint density at radius 2 is 1.16 bits per heavy atom. The van der Waals surface area contributed by atoms with Crippen LogP contribution < -0.4 is 5.32 Å². The van der Waals surface area contributed by atoms with E-state index in [9.17, 15) is 24.2 Å². The molecule has 0 aliphatic rings. The van der Waals surface area contributed by atoms with Crippen LogP contribution in [0.3, 0.4) is 0 Å². The summed E-state index contributed by atoms with van der Waals surface area (Å²) in [5, 5.41) is 12.6. The van der Waals surface area contributed by atoms with E-state index in [1.54, 1.807) is 0 Å². The van der Waals surface area contributed by atoms with Crippen molar-refractivity contribution in [2.24, 2.45) is 0 Å². The monoisotopic (exact) mass is 711 g/mol. The van der Waals surface area contributed by atoms with E-state index in [0.29, 0.717) is 6.42 Å². The highest BCUT2D eigenvalue weighted by Crippen LogP contribution is 2.42. The maximum Gasteiger partial charge on any atom is 0.472 e. The van der Waals surface area contributed by atoms with Crippen molar-refractivity contribution in [3.63, 3.8) is 0 Å². The molecule has 49 heavy (non-hydrogen) atoms. The maximum absolute atomic E-state index is 12.0. The third kappa shape index (κ3) is 37.1. The van der Waals surface area contributed by atoms with Crippen molar-refractivity contribution in [2.75, 3.05) is 26.4 Å². The Bertz CT molecular complexity index is 949. The van der Waals surface area contributed by atoms with E-state index in [2.05, 4.69) is 67.8 Å². The number of carbonyl (C=O) groups excluding carboxylic acids is 2. The second kappa shape index (κ2) is 35.8. The first-order valence-electron chi connectivity index (χ1n) is 19.1. The standard InChI is InChI=1S/C39H70NO8P/c1-3-5-7-9-11-13-15-17-18-20-22-24-26-28-30-32-39(43)46-35-37(41)36-48-49(44,45)47-34-33-40-38(42)31-29-27-25-23-21-19-16-14-12-10-8-6-4-2/h6,8,12,14,17-19,21,37,41H,3-5,7,9-11,13,15-16,20,22-36H2,1-2H3,(H,40,42)(H,44,45)/b8-6-,14-12-,18-17-,21-19-. The summed E-state index contributed by atoms with van der Waals surface area (Å²) in [6.45, 7) is 3.36. The van der Waals surface area contributed by atoms with Gasteiger partial charge in [-0.15, -0.1) is 0 Å². The van der Waals surface area contributed by atoms with Crippen molar-refractivity contribution in [2.45, 2.75) is 161 Å². The summed E-state index contributed by atoms with van der Waals surface area (Å²) < 4.78 is 26.7. The van der Waals surface area contributed by atoms with Gasteiger partial charge in [0.25, 0.3) is 0 Å². The Hall–Kier alpha value is -2.03. The second-order valence-electron chi connectivity index (χ2n) is 12.5. The molecule has 0 bridgehead atoms. The molecule has 0 aromatic rings. The lowest BCUT2D eigenvalue weighted by Gasteiger charge is -2.15. The van der Waals surface area contributed by atoms with Crippen LogP contribution in [0.25, 0.3) is 0 Å². The summed E-state index contributed by atoms with van der Waals surface area (Å²) in [6.07, 6.45) is 39.0. The summed E-state index contributed by atoms with van der Waals surface area (Å²) in [5.41, 5.74) is 0. The van der Waals surface area contributed by atoms with Crippen LogP contribution in [0, 0.1) is 0 Å². The van der Waals surface area contributed by atoms with Gasteiger partial charge in [0.2, 0.25) is 5.91 Å². The van der Waals surface area contributed by atoms with Gasteiger partial charge >= 0.3 is 13.8 Å². The number of hydrogen-bond acceptors (Lipinski definition) is 7. The van der Waals surface area contributed by atoms with Crippen molar-refractivity contribution in [1.29, 1.82) is 0 Å². The van der Waals surface area contributed by atoms with Gasteiger partial charge in [-0.05, 0) is 70.6 Å². The van der Waals surface area contributed by atoms with Gasteiger partial charge in [-0.25, -0.2) is 4.57 Å². The molecule has 0 rings (SSSR count). The van der Waals surface area contributed by atoms with Crippen molar-refractivity contribution in [3.05, 3.63) is 48.6 Å². The molecular weight excluding hydrogens is 641 g/mol. The Balaban J connectivity index is 3.68. The minimum absolute atomic E-state index is 0.0633. The Labute approximate surface area is 298 Å². The molecule has 0 fully saturated rings. The van der Waals surface area contributed by atoms with Crippen LogP contribution in [-0.4, -0.2) is 54.3 Å². The molecule has 0 aliphatic heterocycles. The number of allylic oxidation sites excluding steroid dienone is 8. The summed E-state index contributed by atoms with van der Waals surface area (Å²) in [7, 11) is -4.42. The zero-order valence-corrected chi connectivity index (χ0v) is 31.8. The summed E-state index contributed by atoms with van der Waals surface area (Å²) >= 11 is 0. The van der Waals surface area contributed by atoms with E-state index in [4.69, 9.17) is 13.8 Å². The highest BCUT2D eigenvalue weighted by Gasteiger charge is 2.23. The highest BCUT2D eigenvalue weighted by molar-refractivity contribution is 7.47. The molecule has 0 aromatic heterocycles. The van der Waals surface area contributed by atoms with Crippen LogP contribution >= 0.6 is 7.82 Å². The first-order valence-corrected chi connectivity index (χ1v) is 20.6. The zero-order chi connectivity index (χ0) is 36.1. The van der Waals surface area contributed by atoms with Gasteiger partial charge in [-0.2, -0.15) is 0 Å². The normalized spacial score (nSPS) is 14.0. The molecule has 0 aromatic carbocycles. The van der Waals surface area contributed by atoms with Crippen molar-refractivity contribution in [1.82, 2.24) is 5.32 Å². The fraction of sp³-hybridized carbons (Fsp3) is 0.744. The van der Waals surface area contributed by atoms with E-state index in [1.807, 2.05) is 0 Å². The first-order chi connectivity index (χ1) is 23.8. The number of hydrogen-bond donors (Lipinski definition) is 3. The Morgan fingerprint density at radius 1 is 0.653 bits per heavy atom. The lowest BCUT2D eigenvalue weighted by Crippen LogP contribution is -2.27. The molecule has 2 atom stereocenters. The minimum Gasteiger partial charge on any atom is -0.463 e. The van der Waals surface area contributed by atoms with E-state index in [1.165, 1.54) is 44.9 Å². The average molecular weight is 712 g/mol. The molecule has 0 aliphatic carbocycles. The van der Waals surface area contributed by atoms with Gasteiger partial charge < -0.3 is 20.1 Å². The molecule has 1 amide bonds. The number of aliphatic hydroxyl groups is 1. The fourth-order valence-corrected chi connectivity index (χ4v) is 5.61. The van der Waals surface area contributed by atoms with Crippen LogP contribution in [0.4, 0.5) is 0 Å². The van der Waals surface area contributed by atoms with Crippen LogP contribution in [0.2, 0.25) is 0 Å². The smallest absolute Gasteiger partial charge is 0.463 e. The molecule has 0 heterocycles. The van der Waals surface area contributed by atoms with Crippen LogP contribution in [0.1, 0.15) is 155 Å². The fourth-order valence-electron chi connectivity index (χ4n) is 4.86. The third-order valence-corrected chi connectivity index (χ3v) is 8.73. The van der Waals surface area contributed by atoms with Crippen molar-refractivity contribution >= 4 is 19.7 Å². The van der Waals surface area contributed by atoms with E-state index in [0.717, 1.165) is 83.5 Å². The molecule has 284 valence electrons. The molecule has 0 spiro atoms. The largest absolute Gasteiger partial charge is 0.472 e. The van der Waals surface area contributed by atoms with Gasteiger partial charge in [0.15, 0.2) is 0 Å². The van der Waals surface area contributed by atoms with Crippen LogP contribution in [0.5, 0.6) is 0 Å². The number of phosphoric acid groups is 1. The SMILES string of the molecule is CC/C=C\C/C=C\C/C=C\CCCCCC(=O)NCCOP(=O)(O)OCC(O)COC(=O)CCCCCCC/C=C\CCCCCCCC. The highest BCUT2D eigenvalue weighted by atomic mass is 31.2. The molecule has 10 heteroatoms. The number of esters is 1. The number of rotatable bonds is 35. The average Bonchev–Trinajstić information content (AvgIpc) is 3.08. The lowest BCUT2D eigenvalue weighted by atomic mass is 10.1. The molecular formula is C39H70NO8P. The van der Waals surface area contributed by atoms with E-state index in [-0.39, 0.29) is 32.1 Å². The van der Waals surface area contributed by atoms with Crippen LogP contribution in [0.15, 0.2) is 48.6 Å².